The number of hydrogen-bond donors (Lipinski definition) is 2. The Kier molecular flexibility index (Phi) is 5.27. The predicted molar refractivity (Wildman–Crippen MR) is 104 cm³/mol. The molecule has 1 aliphatic heterocycles. The van der Waals surface area contributed by atoms with E-state index in [1.807, 2.05) is 31.2 Å². The zero-order valence-electron chi connectivity index (χ0n) is 15.2. The first-order valence-corrected chi connectivity index (χ1v) is 10.1. The molecule has 2 aromatic rings. The van der Waals surface area contributed by atoms with Crippen LogP contribution in [0.4, 0.5) is 11.4 Å². The maximum Gasteiger partial charge on any atom is 0.235 e. The van der Waals surface area contributed by atoms with E-state index in [1.165, 1.54) is 0 Å². The molecule has 0 aromatic heterocycles. The van der Waals surface area contributed by atoms with Gasteiger partial charge in [-0.3, -0.25) is 4.72 Å². The first-order valence-electron chi connectivity index (χ1n) is 8.60. The molecule has 7 heteroatoms. The van der Waals surface area contributed by atoms with Gasteiger partial charge in [0.05, 0.1) is 5.25 Å². The van der Waals surface area contributed by atoms with Crippen molar-refractivity contribution in [3.05, 3.63) is 47.5 Å². The highest BCUT2D eigenvalue weighted by Crippen LogP contribution is 2.37. The molecule has 0 saturated heterocycles. The van der Waals surface area contributed by atoms with Crippen molar-refractivity contribution in [2.75, 3.05) is 23.3 Å². The first-order chi connectivity index (χ1) is 12.4. The first kappa shape index (κ1) is 18.4. The summed E-state index contributed by atoms with van der Waals surface area (Å²) < 4.78 is 37.7. The van der Waals surface area contributed by atoms with Crippen molar-refractivity contribution in [2.45, 2.75) is 32.6 Å². The van der Waals surface area contributed by atoms with Crippen LogP contribution in [0.2, 0.25) is 0 Å². The Labute approximate surface area is 154 Å². The van der Waals surface area contributed by atoms with Gasteiger partial charge in [0.15, 0.2) is 11.5 Å². The van der Waals surface area contributed by atoms with Crippen LogP contribution in [0.3, 0.4) is 0 Å². The van der Waals surface area contributed by atoms with Gasteiger partial charge in [0.25, 0.3) is 0 Å². The molecule has 1 heterocycles. The summed E-state index contributed by atoms with van der Waals surface area (Å²) in [4.78, 5) is 0. The minimum atomic E-state index is -3.33. The second-order valence-corrected chi connectivity index (χ2v) is 8.75. The molecular weight excluding hydrogens is 352 g/mol. The zero-order chi connectivity index (χ0) is 18.7. The molecule has 3 rings (SSSR count). The summed E-state index contributed by atoms with van der Waals surface area (Å²) in [6, 6.07) is 11.2. The summed E-state index contributed by atoms with van der Waals surface area (Å²) in [7, 11) is -3.33. The standard InChI is InChI=1S/C19H24N2O4S/c1-13(2)26(22,23)21-16-6-4-15(5-7-16)12-20-17-8-9-18-19(14(17)3)25-11-10-24-18/h4-9,13,20-21H,10-12H2,1-3H3. The number of fused-ring (bicyclic) bond motifs is 1. The summed E-state index contributed by atoms with van der Waals surface area (Å²) in [6.07, 6.45) is 0. The van der Waals surface area contributed by atoms with Crippen LogP contribution in [-0.2, 0) is 16.6 Å². The van der Waals surface area contributed by atoms with Crippen molar-refractivity contribution in [1.82, 2.24) is 0 Å². The molecule has 140 valence electrons. The Morgan fingerprint density at radius 3 is 2.42 bits per heavy atom. The highest BCUT2D eigenvalue weighted by atomic mass is 32.2. The molecule has 0 aliphatic carbocycles. The Morgan fingerprint density at radius 2 is 1.73 bits per heavy atom. The molecule has 1 aliphatic rings. The van der Waals surface area contributed by atoms with E-state index < -0.39 is 15.3 Å². The Balaban J connectivity index is 1.65. The molecular formula is C19H24N2O4S. The summed E-state index contributed by atoms with van der Waals surface area (Å²) >= 11 is 0. The number of nitrogens with one attached hydrogen (secondary N) is 2. The van der Waals surface area contributed by atoms with Gasteiger partial charge in [-0.25, -0.2) is 8.42 Å². The maximum atomic E-state index is 11.9. The summed E-state index contributed by atoms with van der Waals surface area (Å²) in [6.45, 7) is 7.06. The predicted octanol–water partition coefficient (Wildman–Crippen LogP) is 3.53. The van der Waals surface area contributed by atoms with E-state index in [1.54, 1.807) is 26.0 Å². The topological polar surface area (TPSA) is 76.7 Å². The number of hydrogen-bond acceptors (Lipinski definition) is 5. The van der Waals surface area contributed by atoms with Crippen LogP contribution in [-0.4, -0.2) is 26.9 Å². The molecule has 0 saturated carbocycles. The number of ether oxygens (including phenoxy) is 2. The van der Waals surface area contributed by atoms with E-state index in [0.29, 0.717) is 25.4 Å². The molecule has 0 amide bonds. The molecule has 0 bridgehead atoms. The highest BCUT2D eigenvalue weighted by molar-refractivity contribution is 7.93. The zero-order valence-corrected chi connectivity index (χ0v) is 16.0. The van der Waals surface area contributed by atoms with Gasteiger partial charge in [-0.15, -0.1) is 0 Å². The van der Waals surface area contributed by atoms with Crippen LogP contribution in [0.1, 0.15) is 25.0 Å². The molecule has 0 radical (unpaired) electrons. The molecule has 0 fully saturated rings. The van der Waals surface area contributed by atoms with Crippen molar-refractivity contribution in [2.24, 2.45) is 0 Å². The second-order valence-electron chi connectivity index (χ2n) is 6.51. The highest BCUT2D eigenvalue weighted by Gasteiger charge is 2.17. The van der Waals surface area contributed by atoms with E-state index in [0.717, 1.165) is 28.3 Å². The van der Waals surface area contributed by atoms with Gasteiger partial charge in [0, 0.05) is 23.5 Å². The van der Waals surface area contributed by atoms with Crippen LogP contribution in [0.5, 0.6) is 11.5 Å². The smallest absolute Gasteiger partial charge is 0.235 e. The van der Waals surface area contributed by atoms with Gasteiger partial charge in [0.2, 0.25) is 10.0 Å². The monoisotopic (exact) mass is 376 g/mol. The van der Waals surface area contributed by atoms with E-state index in [-0.39, 0.29) is 0 Å². The lowest BCUT2D eigenvalue weighted by molar-refractivity contribution is 0.170. The lowest BCUT2D eigenvalue weighted by Crippen LogP contribution is -2.22. The Morgan fingerprint density at radius 1 is 1.04 bits per heavy atom. The van der Waals surface area contributed by atoms with E-state index in [9.17, 15) is 8.42 Å². The average Bonchev–Trinajstić information content (AvgIpc) is 2.62. The third-order valence-corrected chi connectivity index (χ3v) is 6.04. The fourth-order valence-electron chi connectivity index (χ4n) is 2.62. The fraction of sp³-hybridized carbons (Fsp3) is 0.368. The van der Waals surface area contributed by atoms with Crippen LogP contribution in [0.15, 0.2) is 36.4 Å². The van der Waals surface area contributed by atoms with Crippen LogP contribution < -0.4 is 19.5 Å². The van der Waals surface area contributed by atoms with Crippen molar-refractivity contribution in [3.8, 4) is 11.5 Å². The minimum Gasteiger partial charge on any atom is -0.486 e. The van der Waals surface area contributed by atoms with Gasteiger partial charge in [-0.1, -0.05) is 12.1 Å². The summed E-state index contributed by atoms with van der Waals surface area (Å²) in [5, 5.41) is 2.92. The number of benzene rings is 2. The van der Waals surface area contributed by atoms with Crippen molar-refractivity contribution < 1.29 is 17.9 Å². The van der Waals surface area contributed by atoms with Gasteiger partial charge in [0.1, 0.15) is 13.2 Å². The van der Waals surface area contributed by atoms with Gasteiger partial charge >= 0.3 is 0 Å². The quantitative estimate of drug-likeness (QED) is 0.807. The number of anilines is 2. The molecule has 6 nitrogen and oxygen atoms in total. The molecule has 0 unspecified atom stereocenters. The second kappa shape index (κ2) is 7.45. The number of sulfonamides is 1. The van der Waals surface area contributed by atoms with Gasteiger partial charge < -0.3 is 14.8 Å². The maximum absolute atomic E-state index is 11.9. The molecule has 2 aromatic carbocycles. The Bertz CT molecular complexity index is 877. The van der Waals surface area contributed by atoms with Gasteiger partial charge in [-0.05, 0) is 50.6 Å². The normalized spacial score (nSPS) is 13.5. The lowest BCUT2D eigenvalue weighted by Gasteiger charge is -2.22. The fourth-order valence-corrected chi connectivity index (χ4v) is 3.32. The van der Waals surface area contributed by atoms with Crippen LogP contribution >= 0.6 is 0 Å². The molecule has 26 heavy (non-hydrogen) atoms. The number of rotatable bonds is 6. The third-order valence-electron chi connectivity index (χ3n) is 4.27. The van der Waals surface area contributed by atoms with E-state index in [4.69, 9.17) is 9.47 Å². The molecule has 0 atom stereocenters. The minimum absolute atomic E-state index is 0.470. The van der Waals surface area contributed by atoms with Crippen molar-refractivity contribution in [1.29, 1.82) is 0 Å². The largest absolute Gasteiger partial charge is 0.486 e. The molecule has 2 N–H and O–H groups in total. The van der Waals surface area contributed by atoms with E-state index >= 15 is 0 Å². The van der Waals surface area contributed by atoms with Crippen LogP contribution in [0, 0.1) is 6.92 Å². The summed E-state index contributed by atoms with van der Waals surface area (Å²) in [5.41, 5.74) is 3.62. The lowest BCUT2D eigenvalue weighted by atomic mass is 10.1. The van der Waals surface area contributed by atoms with Crippen molar-refractivity contribution in [3.63, 3.8) is 0 Å². The summed E-state index contributed by atoms with van der Waals surface area (Å²) in [5.74, 6) is 1.57. The SMILES string of the molecule is Cc1c(NCc2ccc(NS(=O)(=O)C(C)C)cc2)ccc2c1OCCO2. The van der Waals surface area contributed by atoms with Crippen molar-refractivity contribution >= 4 is 21.4 Å². The Hall–Kier alpha value is -2.41. The average molecular weight is 376 g/mol. The molecule has 0 spiro atoms. The van der Waals surface area contributed by atoms with E-state index in [2.05, 4.69) is 10.0 Å². The van der Waals surface area contributed by atoms with Gasteiger partial charge in [-0.2, -0.15) is 0 Å². The third kappa shape index (κ3) is 4.04. The van der Waals surface area contributed by atoms with Crippen LogP contribution in [0.25, 0.3) is 0 Å².